The van der Waals surface area contributed by atoms with Crippen LogP contribution in [0.3, 0.4) is 0 Å². The van der Waals surface area contributed by atoms with Gasteiger partial charge in [-0.1, -0.05) is 6.92 Å². The molecule has 0 aliphatic rings. The monoisotopic (exact) mass is 238 g/mol. The van der Waals surface area contributed by atoms with Crippen LogP contribution in [0.5, 0.6) is 5.75 Å². The number of hydrogen-bond donors (Lipinski definition) is 3. The first-order valence-corrected chi connectivity index (χ1v) is 5.52. The molecule has 0 aromatic heterocycles. The molecular weight excluding hydrogens is 220 g/mol. The molecule has 0 saturated heterocycles. The number of aliphatic hydroxyl groups is 1. The van der Waals surface area contributed by atoms with E-state index in [2.05, 4.69) is 10.6 Å². The van der Waals surface area contributed by atoms with Crippen molar-refractivity contribution < 1.29 is 14.6 Å². The molecule has 1 atom stereocenters. The van der Waals surface area contributed by atoms with Crippen LogP contribution in [0.2, 0.25) is 0 Å². The van der Waals surface area contributed by atoms with Gasteiger partial charge in [-0.25, -0.2) is 4.79 Å². The molecule has 3 N–H and O–H groups in total. The molecule has 0 spiro atoms. The minimum atomic E-state index is -0.323. The van der Waals surface area contributed by atoms with Gasteiger partial charge in [-0.15, -0.1) is 0 Å². The Labute approximate surface area is 101 Å². The van der Waals surface area contributed by atoms with E-state index in [9.17, 15) is 4.79 Å². The summed E-state index contributed by atoms with van der Waals surface area (Å²) < 4.78 is 5.01. The van der Waals surface area contributed by atoms with Gasteiger partial charge >= 0.3 is 6.03 Å². The molecule has 0 aliphatic heterocycles. The Morgan fingerprint density at radius 3 is 2.53 bits per heavy atom. The number of nitrogens with one attached hydrogen (secondary N) is 2. The van der Waals surface area contributed by atoms with Crippen LogP contribution >= 0.6 is 0 Å². The Morgan fingerprint density at radius 1 is 1.41 bits per heavy atom. The maximum atomic E-state index is 11.5. The van der Waals surface area contributed by atoms with Gasteiger partial charge < -0.3 is 20.5 Å². The number of carbonyl (C=O) groups excluding carboxylic acids is 1. The summed E-state index contributed by atoms with van der Waals surface area (Å²) in [6.45, 7) is 1.83. The van der Waals surface area contributed by atoms with Crippen LogP contribution < -0.4 is 15.4 Å². The summed E-state index contributed by atoms with van der Waals surface area (Å²) in [5, 5.41) is 14.3. The Balaban J connectivity index is 2.49. The molecule has 94 valence electrons. The Hall–Kier alpha value is -1.75. The molecule has 17 heavy (non-hydrogen) atoms. The lowest BCUT2D eigenvalue weighted by molar-refractivity contribution is 0.222. The lowest BCUT2D eigenvalue weighted by Crippen LogP contribution is -2.39. The Morgan fingerprint density at radius 2 is 2.06 bits per heavy atom. The highest BCUT2D eigenvalue weighted by Gasteiger charge is 2.08. The Kier molecular flexibility index (Phi) is 5.29. The van der Waals surface area contributed by atoms with Crippen LogP contribution in [0.1, 0.15) is 13.3 Å². The van der Waals surface area contributed by atoms with Crippen LogP contribution in [0, 0.1) is 0 Å². The number of rotatable bonds is 5. The van der Waals surface area contributed by atoms with Gasteiger partial charge in [0.15, 0.2) is 0 Å². The largest absolute Gasteiger partial charge is 0.497 e. The molecule has 0 radical (unpaired) electrons. The highest BCUT2D eigenvalue weighted by atomic mass is 16.5. The van der Waals surface area contributed by atoms with Crippen molar-refractivity contribution in [3.05, 3.63) is 24.3 Å². The van der Waals surface area contributed by atoms with Crippen molar-refractivity contribution in [3.8, 4) is 5.75 Å². The second-order valence-electron chi connectivity index (χ2n) is 3.61. The average Bonchev–Trinajstić information content (AvgIpc) is 2.37. The summed E-state index contributed by atoms with van der Waals surface area (Å²) in [4.78, 5) is 11.5. The predicted molar refractivity (Wildman–Crippen MR) is 66.3 cm³/mol. The molecule has 1 aromatic rings. The van der Waals surface area contributed by atoms with E-state index in [1.54, 1.807) is 31.4 Å². The van der Waals surface area contributed by atoms with Crippen LogP contribution in [0.4, 0.5) is 10.5 Å². The smallest absolute Gasteiger partial charge is 0.319 e. The van der Waals surface area contributed by atoms with E-state index in [1.807, 2.05) is 6.92 Å². The van der Waals surface area contributed by atoms with Gasteiger partial charge in [-0.05, 0) is 30.7 Å². The molecular formula is C12H18N2O3. The summed E-state index contributed by atoms with van der Waals surface area (Å²) in [6.07, 6.45) is 0.687. The number of aliphatic hydroxyl groups excluding tert-OH is 1. The SMILES string of the molecule is CC[C@H](CO)NC(=O)Nc1ccc(OC)cc1. The van der Waals surface area contributed by atoms with E-state index >= 15 is 0 Å². The molecule has 0 unspecified atom stereocenters. The molecule has 0 heterocycles. The van der Waals surface area contributed by atoms with Gasteiger partial charge in [0, 0.05) is 5.69 Å². The van der Waals surface area contributed by atoms with Gasteiger partial charge in [0.1, 0.15) is 5.75 Å². The van der Waals surface area contributed by atoms with Gasteiger partial charge in [-0.3, -0.25) is 0 Å². The number of hydrogen-bond acceptors (Lipinski definition) is 3. The zero-order valence-electron chi connectivity index (χ0n) is 10.1. The average molecular weight is 238 g/mol. The van der Waals surface area contributed by atoms with E-state index in [0.29, 0.717) is 12.1 Å². The number of amides is 2. The number of benzene rings is 1. The van der Waals surface area contributed by atoms with Gasteiger partial charge in [-0.2, -0.15) is 0 Å². The number of anilines is 1. The fourth-order valence-electron chi connectivity index (χ4n) is 1.30. The first kappa shape index (κ1) is 13.3. The van der Waals surface area contributed by atoms with Crippen LogP contribution in [0.25, 0.3) is 0 Å². The fraction of sp³-hybridized carbons (Fsp3) is 0.417. The Bertz CT molecular complexity index is 347. The second kappa shape index (κ2) is 6.75. The van der Waals surface area contributed by atoms with E-state index in [4.69, 9.17) is 9.84 Å². The predicted octanol–water partition coefficient (Wildman–Crippen LogP) is 1.59. The van der Waals surface area contributed by atoms with E-state index in [-0.39, 0.29) is 18.7 Å². The fourth-order valence-corrected chi connectivity index (χ4v) is 1.30. The van der Waals surface area contributed by atoms with Crippen molar-refractivity contribution in [2.24, 2.45) is 0 Å². The van der Waals surface area contributed by atoms with E-state index in [0.717, 1.165) is 5.75 Å². The van der Waals surface area contributed by atoms with Crippen LogP contribution in [0.15, 0.2) is 24.3 Å². The molecule has 1 rings (SSSR count). The van der Waals surface area contributed by atoms with E-state index < -0.39 is 0 Å². The summed E-state index contributed by atoms with van der Waals surface area (Å²) in [7, 11) is 1.59. The summed E-state index contributed by atoms with van der Waals surface area (Å²) >= 11 is 0. The van der Waals surface area contributed by atoms with Crippen molar-refractivity contribution in [3.63, 3.8) is 0 Å². The lowest BCUT2D eigenvalue weighted by atomic mass is 10.2. The minimum absolute atomic E-state index is 0.0630. The first-order chi connectivity index (χ1) is 8.19. The topological polar surface area (TPSA) is 70.6 Å². The maximum absolute atomic E-state index is 11.5. The van der Waals surface area contributed by atoms with Crippen molar-refractivity contribution in [2.45, 2.75) is 19.4 Å². The van der Waals surface area contributed by atoms with Crippen molar-refractivity contribution in [1.29, 1.82) is 0 Å². The van der Waals surface area contributed by atoms with Gasteiger partial charge in [0.25, 0.3) is 0 Å². The highest BCUT2D eigenvalue weighted by molar-refractivity contribution is 5.89. The molecule has 0 aliphatic carbocycles. The van der Waals surface area contributed by atoms with Gasteiger partial charge in [0.2, 0.25) is 0 Å². The summed E-state index contributed by atoms with van der Waals surface area (Å²) in [6, 6.07) is 6.48. The third-order valence-corrected chi connectivity index (χ3v) is 2.40. The maximum Gasteiger partial charge on any atom is 0.319 e. The highest BCUT2D eigenvalue weighted by Crippen LogP contribution is 2.14. The standard InChI is InChI=1S/C12H18N2O3/c1-3-9(8-15)13-12(16)14-10-4-6-11(17-2)7-5-10/h4-7,9,15H,3,8H2,1-2H3,(H2,13,14,16)/t9-/m1/s1. The molecule has 0 bridgehead atoms. The second-order valence-corrected chi connectivity index (χ2v) is 3.61. The number of methoxy groups -OCH3 is 1. The zero-order valence-corrected chi connectivity index (χ0v) is 10.1. The van der Waals surface area contributed by atoms with Gasteiger partial charge in [0.05, 0.1) is 19.8 Å². The summed E-state index contributed by atoms with van der Waals surface area (Å²) in [5.41, 5.74) is 0.677. The third-order valence-electron chi connectivity index (χ3n) is 2.40. The molecule has 0 saturated carbocycles. The van der Waals surface area contributed by atoms with Crippen molar-refractivity contribution >= 4 is 11.7 Å². The van der Waals surface area contributed by atoms with Crippen LogP contribution in [-0.4, -0.2) is 30.9 Å². The molecule has 2 amide bonds. The normalized spacial score (nSPS) is 11.7. The summed E-state index contributed by atoms with van der Waals surface area (Å²) in [5.74, 6) is 0.734. The van der Waals surface area contributed by atoms with Crippen molar-refractivity contribution in [2.75, 3.05) is 19.0 Å². The number of carbonyl (C=O) groups is 1. The van der Waals surface area contributed by atoms with E-state index in [1.165, 1.54) is 0 Å². The zero-order chi connectivity index (χ0) is 12.7. The minimum Gasteiger partial charge on any atom is -0.497 e. The lowest BCUT2D eigenvalue weighted by Gasteiger charge is -2.14. The molecule has 5 heteroatoms. The number of urea groups is 1. The quantitative estimate of drug-likeness (QED) is 0.729. The first-order valence-electron chi connectivity index (χ1n) is 5.52. The number of ether oxygens (including phenoxy) is 1. The van der Waals surface area contributed by atoms with Crippen LogP contribution in [-0.2, 0) is 0 Å². The third kappa shape index (κ3) is 4.32. The van der Waals surface area contributed by atoms with Crippen molar-refractivity contribution in [1.82, 2.24) is 5.32 Å². The molecule has 1 aromatic carbocycles. The molecule has 5 nitrogen and oxygen atoms in total. The molecule has 0 fully saturated rings.